The molecule has 0 aliphatic heterocycles. The van der Waals surface area contributed by atoms with Crippen LogP contribution in [0.5, 0.6) is 0 Å². The molecule has 0 atom stereocenters. The summed E-state index contributed by atoms with van der Waals surface area (Å²) in [7, 11) is 0. The molecular formula is C14H13N5S. The third-order valence-electron chi connectivity index (χ3n) is 2.84. The molecule has 5 nitrogen and oxygen atoms in total. The molecule has 0 saturated carbocycles. The number of nitrogens with one attached hydrogen (secondary N) is 1. The molecule has 0 unspecified atom stereocenters. The van der Waals surface area contributed by atoms with Crippen LogP contribution in [0.25, 0.3) is 11.1 Å². The topological polar surface area (TPSA) is 76.7 Å². The fourth-order valence-electron chi connectivity index (χ4n) is 1.91. The van der Waals surface area contributed by atoms with Crippen LogP contribution < -0.4 is 11.1 Å². The van der Waals surface area contributed by atoms with Crippen LogP contribution in [-0.4, -0.2) is 14.6 Å². The van der Waals surface area contributed by atoms with Gasteiger partial charge in [0.25, 0.3) is 0 Å². The Kier molecular flexibility index (Phi) is 3.56. The largest absolute Gasteiger partial charge is 0.382 e. The van der Waals surface area contributed by atoms with Gasteiger partial charge in [-0.05, 0) is 29.2 Å². The quantitative estimate of drug-likeness (QED) is 0.770. The van der Waals surface area contributed by atoms with E-state index in [9.17, 15) is 0 Å². The van der Waals surface area contributed by atoms with Gasteiger partial charge in [-0.2, -0.15) is 14.6 Å². The molecule has 0 aliphatic rings. The Morgan fingerprint density at radius 3 is 2.70 bits per heavy atom. The van der Waals surface area contributed by atoms with Gasteiger partial charge in [-0.25, -0.2) is 0 Å². The van der Waals surface area contributed by atoms with Crippen molar-refractivity contribution in [2.45, 2.75) is 6.54 Å². The molecular weight excluding hydrogens is 270 g/mol. The van der Waals surface area contributed by atoms with Crippen molar-refractivity contribution in [1.29, 1.82) is 0 Å². The summed E-state index contributed by atoms with van der Waals surface area (Å²) in [6.45, 7) is 0.593. The van der Waals surface area contributed by atoms with Crippen molar-refractivity contribution in [2.75, 3.05) is 11.1 Å². The summed E-state index contributed by atoms with van der Waals surface area (Å²) in [5, 5.41) is 12.2. The SMILES string of the molecule is Nc1nsc(NCc2cccnn2)c1-c1ccccc1. The van der Waals surface area contributed by atoms with Crippen molar-refractivity contribution < 1.29 is 0 Å². The Labute approximate surface area is 120 Å². The summed E-state index contributed by atoms with van der Waals surface area (Å²) >= 11 is 1.36. The lowest BCUT2D eigenvalue weighted by molar-refractivity contribution is 0.927. The minimum Gasteiger partial charge on any atom is -0.382 e. The minimum absolute atomic E-state index is 0.544. The molecule has 3 aromatic rings. The van der Waals surface area contributed by atoms with E-state index in [0.29, 0.717) is 12.4 Å². The second-order valence-corrected chi connectivity index (χ2v) is 4.98. The molecule has 0 fully saturated rings. The van der Waals surface area contributed by atoms with Crippen LogP contribution in [0.2, 0.25) is 0 Å². The normalized spacial score (nSPS) is 10.4. The number of rotatable bonds is 4. The van der Waals surface area contributed by atoms with Crippen molar-refractivity contribution >= 4 is 22.4 Å². The number of aromatic nitrogens is 3. The van der Waals surface area contributed by atoms with Gasteiger partial charge in [-0.3, -0.25) is 0 Å². The zero-order valence-electron chi connectivity index (χ0n) is 10.7. The van der Waals surface area contributed by atoms with Crippen LogP contribution in [0.3, 0.4) is 0 Å². The van der Waals surface area contributed by atoms with Crippen LogP contribution in [0.4, 0.5) is 10.8 Å². The summed E-state index contributed by atoms with van der Waals surface area (Å²) < 4.78 is 4.23. The number of nitrogens with zero attached hydrogens (tertiary/aromatic N) is 3. The van der Waals surface area contributed by atoms with Gasteiger partial charge in [-0.15, -0.1) is 0 Å². The Morgan fingerprint density at radius 1 is 1.10 bits per heavy atom. The van der Waals surface area contributed by atoms with E-state index in [0.717, 1.165) is 21.8 Å². The maximum Gasteiger partial charge on any atom is 0.147 e. The third kappa shape index (κ3) is 2.60. The van der Waals surface area contributed by atoms with Crippen LogP contribution in [0, 0.1) is 0 Å². The number of hydrogen-bond donors (Lipinski definition) is 2. The van der Waals surface area contributed by atoms with Gasteiger partial charge in [0.1, 0.15) is 10.8 Å². The lowest BCUT2D eigenvalue weighted by Crippen LogP contribution is -2.02. The molecule has 100 valence electrons. The van der Waals surface area contributed by atoms with Crippen molar-refractivity contribution in [3.8, 4) is 11.1 Å². The lowest BCUT2D eigenvalue weighted by Gasteiger charge is -2.06. The fraction of sp³-hybridized carbons (Fsp3) is 0.0714. The van der Waals surface area contributed by atoms with Crippen LogP contribution in [0.1, 0.15) is 5.69 Å². The average Bonchev–Trinajstić information content (AvgIpc) is 2.88. The highest BCUT2D eigenvalue weighted by Crippen LogP contribution is 2.36. The van der Waals surface area contributed by atoms with Crippen LogP contribution in [0.15, 0.2) is 48.7 Å². The Morgan fingerprint density at radius 2 is 1.95 bits per heavy atom. The predicted molar refractivity (Wildman–Crippen MR) is 81.3 cm³/mol. The highest BCUT2D eigenvalue weighted by atomic mass is 32.1. The van der Waals surface area contributed by atoms with E-state index in [1.165, 1.54) is 11.5 Å². The van der Waals surface area contributed by atoms with Crippen molar-refractivity contribution in [3.63, 3.8) is 0 Å². The molecule has 0 saturated heterocycles. The van der Waals surface area contributed by atoms with E-state index < -0.39 is 0 Å². The lowest BCUT2D eigenvalue weighted by atomic mass is 10.1. The van der Waals surface area contributed by atoms with E-state index in [1.54, 1.807) is 6.20 Å². The average molecular weight is 283 g/mol. The van der Waals surface area contributed by atoms with Crippen LogP contribution >= 0.6 is 11.5 Å². The van der Waals surface area contributed by atoms with Gasteiger partial charge in [0.2, 0.25) is 0 Å². The van der Waals surface area contributed by atoms with Gasteiger partial charge in [0, 0.05) is 6.20 Å². The molecule has 0 amide bonds. The first-order valence-corrected chi connectivity index (χ1v) is 6.93. The van der Waals surface area contributed by atoms with Crippen molar-refractivity contribution in [3.05, 3.63) is 54.4 Å². The number of anilines is 2. The molecule has 0 bridgehead atoms. The first-order valence-electron chi connectivity index (χ1n) is 6.15. The number of hydrogen-bond acceptors (Lipinski definition) is 6. The van der Waals surface area contributed by atoms with Gasteiger partial charge in [0.05, 0.1) is 17.8 Å². The summed E-state index contributed by atoms with van der Waals surface area (Å²) in [6, 6.07) is 13.8. The molecule has 2 heterocycles. The van der Waals surface area contributed by atoms with E-state index >= 15 is 0 Å². The maximum absolute atomic E-state index is 5.97. The smallest absolute Gasteiger partial charge is 0.147 e. The van der Waals surface area contributed by atoms with Gasteiger partial charge in [0.15, 0.2) is 0 Å². The molecule has 0 radical (unpaired) electrons. The second-order valence-electron chi connectivity index (χ2n) is 4.21. The standard InChI is InChI=1S/C14H13N5S/c15-13-12(10-5-2-1-3-6-10)14(20-19-13)16-9-11-7-4-8-17-18-11/h1-8,16H,9H2,(H2,15,19). The number of nitrogens with two attached hydrogens (primary N) is 1. The molecule has 20 heavy (non-hydrogen) atoms. The molecule has 6 heteroatoms. The van der Waals surface area contributed by atoms with E-state index in [4.69, 9.17) is 5.73 Å². The summed E-state index contributed by atoms with van der Waals surface area (Å²) in [4.78, 5) is 0. The summed E-state index contributed by atoms with van der Waals surface area (Å²) in [5.74, 6) is 0.544. The molecule has 2 aromatic heterocycles. The Bertz CT molecular complexity index is 681. The first-order chi connectivity index (χ1) is 9.84. The van der Waals surface area contributed by atoms with Gasteiger partial charge in [-0.1, -0.05) is 30.3 Å². The van der Waals surface area contributed by atoms with E-state index in [-0.39, 0.29) is 0 Å². The van der Waals surface area contributed by atoms with Crippen LogP contribution in [-0.2, 0) is 6.54 Å². The monoisotopic (exact) mass is 283 g/mol. The first kappa shape index (κ1) is 12.6. The number of benzene rings is 1. The number of nitrogen functional groups attached to an aromatic ring is 1. The Hall–Kier alpha value is -2.47. The van der Waals surface area contributed by atoms with Gasteiger partial charge >= 0.3 is 0 Å². The van der Waals surface area contributed by atoms with Gasteiger partial charge < -0.3 is 11.1 Å². The summed E-state index contributed by atoms with van der Waals surface area (Å²) in [5.41, 5.74) is 8.85. The zero-order chi connectivity index (χ0) is 13.8. The van der Waals surface area contributed by atoms with E-state index in [2.05, 4.69) is 19.9 Å². The maximum atomic E-state index is 5.97. The zero-order valence-corrected chi connectivity index (χ0v) is 11.5. The fourth-order valence-corrected chi connectivity index (χ4v) is 2.64. The Balaban J connectivity index is 1.85. The molecule has 0 aliphatic carbocycles. The summed E-state index contributed by atoms with van der Waals surface area (Å²) in [6.07, 6.45) is 1.66. The van der Waals surface area contributed by atoms with Crippen molar-refractivity contribution in [2.24, 2.45) is 0 Å². The molecule has 0 spiro atoms. The predicted octanol–water partition coefficient (Wildman–Crippen LogP) is 2.79. The molecule has 1 aromatic carbocycles. The van der Waals surface area contributed by atoms with E-state index in [1.807, 2.05) is 42.5 Å². The third-order valence-corrected chi connectivity index (χ3v) is 3.66. The second kappa shape index (κ2) is 5.66. The van der Waals surface area contributed by atoms with Crippen molar-refractivity contribution in [1.82, 2.24) is 14.6 Å². The highest BCUT2D eigenvalue weighted by Gasteiger charge is 2.13. The molecule has 3 N–H and O–H groups in total. The molecule has 3 rings (SSSR count). The highest BCUT2D eigenvalue weighted by molar-refractivity contribution is 7.11. The minimum atomic E-state index is 0.544.